The monoisotopic (exact) mass is 267 g/mol. The summed E-state index contributed by atoms with van der Waals surface area (Å²) in [5, 5.41) is 16.9. The fraction of sp³-hybridized carbons (Fsp3) is 0.667. The predicted molar refractivity (Wildman–Crippen MR) is 75.6 cm³/mol. The van der Waals surface area contributed by atoms with Gasteiger partial charge in [0.2, 0.25) is 11.8 Å². The Hall–Kier alpha value is -1.92. The fourth-order valence-electron chi connectivity index (χ4n) is 1.78. The summed E-state index contributed by atoms with van der Waals surface area (Å²) >= 11 is 0. The summed E-state index contributed by atoms with van der Waals surface area (Å²) in [6.45, 7) is 4.44. The zero-order valence-corrected chi connectivity index (χ0v) is 11.7. The molecule has 0 saturated heterocycles. The van der Waals surface area contributed by atoms with Crippen LogP contribution in [0.3, 0.4) is 0 Å². The van der Waals surface area contributed by atoms with Crippen LogP contribution < -0.4 is 10.6 Å². The second-order valence-corrected chi connectivity index (χ2v) is 4.32. The van der Waals surface area contributed by atoms with Crippen LogP contribution >= 0.6 is 0 Å². The number of rotatable bonds is 8. The van der Waals surface area contributed by atoms with Gasteiger partial charge in [-0.3, -0.25) is 10.1 Å². The topological polar surface area (TPSA) is 93.0 Å². The van der Waals surface area contributed by atoms with E-state index in [1.165, 1.54) is 6.42 Å². The Kier molecular flexibility index (Phi) is 5.98. The van der Waals surface area contributed by atoms with Crippen LogP contribution in [0.15, 0.2) is 0 Å². The second kappa shape index (κ2) is 7.50. The molecule has 1 aromatic heterocycles. The number of nitro groups is 1. The van der Waals surface area contributed by atoms with E-state index in [1.54, 1.807) is 14.0 Å². The van der Waals surface area contributed by atoms with Gasteiger partial charge in [0.1, 0.15) is 5.69 Å². The molecular weight excluding hydrogens is 246 g/mol. The molecule has 0 saturated carbocycles. The Morgan fingerprint density at radius 2 is 2.00 bits per heavy atom. The van der Waals surface area contributed by atoms with Crippen molar-refractivity contribution in [3.63, 3.8) is 0 Å². The minimum Gasteiger partial charge on any atom is -0.364 e. The van der Waals surface area contributed by atoms with Crippen molar-refractivity contribution in [3.8, 4) is 0 Å². The van der Waals surface area contributed by atoms with Gasteiger partial charge in [0.05, 0.1) is 4.92 Å². The highest BCUT2D eigenvalue weighted by Crippen LogP contribution is 2.26. The van der Waals surface area contributed by atoms with Crippen LogP contribution in [0.2, 0.25) is 0 Å². The first kappa shape index (κ1) is 15.1. The van der Waals surface area contributed by atoms with Crippen molar-refractivity contribution in [2.75, 3.05) is 24.2 Å². The molecule has 0 aliphatic heterocycles. The molecule has 0 atom stereocenters. The fourth-order valence-corrected chi connectivity index (χ4v) is 1.78. The largest absolute Gasteiger partial charge is 0.364 e. The molecule has 0 fully saturated rings. The molecule has 106 valence electrons. The molecule has 0 aliphatic carbocycles. The second-order valence-electron chi connectivity index (χ2n) is 4.32. The Balaban J connectivity index is 2.78. The highest BCUT2D eigenvalue weighted by Gasteiger charge is 2.21. The minimum atomic E-state index is -0.441. The highest BCUT2D eigenvalue weighted by molar-refractivity contribution is 5.60. The molecule has 0 bridgehead atoms. The maximum atomic E-state index is 11.0. The summed E-state index contributed by atoms with van der Waals surface area (Å²) in [5.41, 5.74) is 0.315. The van der Waals surface area contributed by atoms with Crippen LogP contribution in [-0.2, 0) is 0 Å². The van der Waals surface area contributed by atoms with E-state index >= 15 is 0 Å². The summed E-state index contributed by atoms with van der Waals surface area (Å²) < 4.78 is 0. The molecular formula is C12H21N5O2. The van der Waals surface area contributed by atoms with Crippen LogP contribution in [0.5, 0.6) is 0 Å². The number of hydrogen-bond donors (Lipinski definition) is 2. The smallest absolute Gasteiger partial charge is 0.332 e. The minimum absolute atomic E-state index is 0.0468. The van der Waals surface area contributed by atoms with Crippen LogP contribution in [0, 0.1) is 17.0 Å². The molecule has 0 unspecified atom stereocenters. The van der Waals surface area contributed by atoms with Crippen LogP contribution in [0.4, 0.5) is 17.5 Å². The summed E-state index contributed by atoms with van der Waals surface area (Å²) in [7, 11) is 1.69. The lowest BCUT2D eigenvalue weighted by atomic mass is 10.2. The third-order valence-corrected chi connectivity index (χ3v) is 2.79. The van der Waals surface area contributed by atoms with Crippen LogP contribution in [0.1, 0.15) is 38.3 Å². The Labute approximate surface area is 113 Å². The lowest BCUT2D eigenvalue weighted by Crippen LogP contribution is -2.10. The van der Waals surface area contributed by atoms with E-state index in [4.69, 9.17) is 0 Å². The summed E-state index contributed by atoms with van der Waals surface area (Å²) in [6, 6.07) is 0. The van der Waals surface area contributed by atoms with Gasteiger partial charge in [0.15, 0.2) is 0 Å². The molecule has 0 spiro atoms. The van der Waals surface area contributed by atoms with Crippen molar-refractivity contribution in [2.24, 2.45) is 0 Å². The Bertz CT molecular complexity index is 436. The summed E-state index contributed by atoms with van der Waals surface area (Å²) in [6.07, 6.45) is 4.42. The van der Waals surface area contributed by atoms with Crippen molar-refractivity contribution >= 4 is 17.5 Å². The predicted octanol–water partition coefficient (Wildman–Crippen LogP) is 2.73. The van der Waals surface area contributed by atoms with Crippen molar-refractivity contribution in [1.29, 1.82) is 0 Å². The van der Waals surface area contributed by atoms with Gasteiger partial charge in [-0.15, -0.1) is 0 Å². The SMILES string of the molecule is CCCCCCNc1nc(NC)nc(C)c1[N+](=O)[O-]. The molecule has 0 amide bonds. The number of aromatic nitrogens is 2. The zero-order valence-electron chi connectivity index (χ0n) is 11.7. The van der Waals surface area contributed by atoms with E-state index < -0.39 is 4.92 Å². The van der Waals surface area contributed by atoms with E-state index in [-0.39, 0.29) is 5.69 Å². The van der Waals surface area contributed by atoms with Gasteiger partial charge >= 0.3 is 5.69 Å². The van der Waals surface area contributed by atoms with Gasteiger partial charge < -0.3 is 10.6 Å². The number of hydrogen-bond acceptors (Lipinski definition) is 6. The van der Waals surface area contributed by atoms with Crippen molar-refractivity contribution < 1.29 is 4.92 Å². The van der Waals surface area contributed by atoms with Crippen molar-refractivity contribution in [2.45, 2.75) is 39.5 Å². The van der Waals surface area contributed by atoms with Gasteiger partial charge in [-0.05, 0) is 13.3 Å². The molecule has 0 aromatic carbocycles. The van der Waals surface area contributed by atoms with Crippen LogP contribution in [0.25, 0.3) is 0 Å². The van der Waals surface area contributed by atoms with Crippen LogP contribution in [-0.4, -0.2) is 28.5 Å². The number of aryl methyl sites for hydroxylation is 1. The van der Waals surface area contributed by atoms with Gasteiger partial charge in [0.25, 0.3) is 0 Å². The van der Waals surface area contributed by atoms with Gasteiger partial charge in [-0.2, -0.15) is 4.98 Å². The molecule has 7 heteroatoms. The standard InChI is InChI=1S/C12H21N5O2/c1-4-5-6-7-8-14-11-10(17(18)19)9(2)15-12(13-3)16-11/h4-8H2,1-3H3,(H2,13,14,15,16). The number of nitrogens with zero attached hydrogens (tertiary/aromatic N) is 3. The van der Waals surface area contributed by atoms with Crippen molar-refractivity contribution in [3.05, 3.63) is 15.8 Å². The molecule has 0 aliphatic rings. The number of nitrogens with one attached hydrogen (secondary N) is 2. The lowest BCUT2D eigenvalue weighted by molar-refractivity contribution is -0.385. The van der Waals surface area contributed by atoms with E-state index in [9.17, 15) is 10.1 Å². The van der Waals surface area contributed by atoms with E-state index in [0.717, 1.165) is 19.3 Å². The van der Waals surface area contributed by atoms with Crippen molar-refractivity contribution in [1.82, 2.24) is 9.97 Å². The maximum absolute atomic E-state index is 11.0. The van der Waals surface area contributed by atoms with Gasteiger partial charge in [0, 0.05) is 13.6 Å². The van der Waals surface area contributed by atoms with Gasteiger partial charge in [-0.1, -0.05) is 26.2 Å². The van der Waals surface area contributed by atoms with E-state index in [0.29, 0.717) is 24.0 Å². The molecule has 7 nitrogen and oxygen atoms in total. The Morgan fingerprint density at radius 1 is 1.26 bits per heavy atom. The Morgan fingerprint density at radius 3 is 2.58 bits per heavy atom. The van der Waals surface area contributed by atoms with E-state index in [1.807, 2.05) is 0 Å². The third-order valence-electron chi connectivity index (χ3n) is 2.79. The highest BCUT2D eigenvalue weighted by atomic mass is 16.6. The lowest BCUT2D eigenvalue weighted by Gasteiger charge is -2.09. The molecule has 2 N–H and O–H groups in total. The number of anilines is 2. The molecule has 1 heterocycles. The first-order valence-electron chi connectivity index (χ1n) is 6.54. The molecule has 1 aromatic rings. The molecule has 0 radical (unpaired) electrons. The maximum Gasteiger partial charge on any atom is 0.332 e. The average molecular weight is 267 g/mol. The first-order chi connectivity index (χ1) is 9.10. The van der Waals surface area contributed by atoms with Gasteiger partial charge in [-0.25, -0.2) is 4.98 Å². The zero-order chi connectivity index (χ0) is 14.3. The molecule has 19 heavy (non-hydrogen) atoms. The number of unbranched alkanes of at least 4 members (excludes halogenated alkanes) is 3. The average Bonchev–Trinajstić information content (AvgIpc) is 2.37. The first-order valence-corrected chi connectivity index (χ1v) is 6.54. The summed E-state index contributed by atoms with van der Waals surface area (Å²) in [5.74, 6) is 0.678. The third kappa shape index (κ3) is 4.35. The molecule has 1 rings (SSSR count). The summed E-state index contributed by atoms with van der Waals surface area (Å²) in [4.78, 5) is 18.7. The van der Waals surface area contributed by atoms with E-state index in [2.05, 4.69) is 27.5 Å². The normalized spacial score (nSPS) is 10.3. The quantitative estimate of drug-likeness (QED) is 0.427.